The molecule has 1 aliphatic carbocycles. The van der Waals surface area contributed by atoms with E-state index < -0.39 is 5.60 Å². The first-order valence-corrected chi connectivity index (χ1v) is 7.55. The van der Waals surface area contributed by atoms with Crippen LogP contribution in [0.5, 0.6) is 0 Å². The number of hydrogen-bond donors (Lipinski definition) is 1. The molecule has 1 aromatic rings. The Labute approximate surface area is 126 Å². The molecule has 1 N–H and O–H groups in total. The highest BCUT2D eigenvalue weighted by molar-refractivity contribution is 6.31. The van der Waals surface area contributed by atoms with Gasteiger partial charge in [-0.1, -0.05) is 45.4 Å². The average Bonchev–Trinajstić information content (AvgIpc) is 2.18. The molecule has 1 aromatic carbocycles. The fraction of sp³-hybridized carbons (Fsp3) is 0.647. The summed E-state index contributed by atoms with van der Waals surface area (Å²) in [6.07, 6.45) is 2.70. The van der Waals surface area contributed by atoms with Gasteiger partial charge in [0.2, 0.25) is 0 Å². The van der Waals surface area contributed by atoms with Gasteiger partial charge in [-0.25, -0.2) is 4.39 Å². The maximum Gasteiger partial charge on any atom is 0.127 e. The molecule has 0 aromatic heterocycles. The van der Waals surface area contributed by atoms with E-state index in [-0.39, 0.29) is 23.1 Å². The van der Waals surface area contributed by atoms with Crippen LogP contribution in [0.4, 0.5) is 4.39 Å². The largest absolute Gasteiger partial charge is 0.390 e. The van der Waals surface area contributed by atoms with Crippen LogP contribution in [0.3, 0.4) is 0 Å². The predicted octanol–water partition coefficient (Wildman–Crippen LogP) is 4.99. The third kappa shape index (κ3) is 3.53. The summed E-state index contributed by atoms with van der Waals surface area (Å²) < 4.78 is 14.0. The van der Waals surface area contributed by atoms with Crippen molar-refractivity contribution in [1.82, 2.24) is 0 Å². The van der Waals surface area contributed by atoms with E-state index in [9.17, 15) is 9.50 Å². The van der Waals surface area contributed by atoms with Gasteiger partial charge in [0.25, 0.3) is 0 Å². The van der Waals surface area contributed by atoms with Crippen LogP contribution in [0.1, 0.15) is 52.5 Å². The van der Waals surface area contributed by atoms with Gasteiger partial charge < -0.3 is 5.11 Å². The van der Waals surface area contributed by atoms with Crippen LogP contribution in [0, 0.1) is 16.6 Å². The van der Waals surface area contributed by atoms with Crippen molar-refractivity contribution in [2.45, 2.75) is 59.0 Å². The second-order valence-corrected chi connectivity index (χ2v) is 8.37. The molecule has 0 aliphatic heterocycles. The molecule has 1 aliphatic rings. The van der Waals surface area contributed by atoms with E-state index in [2.05, 4.69) is 27.7 Å². The Morgan fingerprint density at radius 3 is 2.15 bits per heavy atom. The Morgan fingerprint density at radius 2 is 1.65 bits per heavy atom. The van der Waals surface area contributed by atoms with Crippen LogP contribution in [-0.4, -0.2) is 10.7 Å². The highest BCUT2D eigenvalue weighted by atomic mass is 35.5. The van der Waals surface area contributed by atoms with E-state index in [4.69, 9.17) is 11.6 Å². The molecule has 2 rings (SSSR count). The summed E-state index contributed by atoms with van der Waals surface area (Å²) >= 11 is 6.10. The fourth-order valence-electron chi connectivity index (χ4n) is 4.42. The van der Waals surface area contributed by atoms with Gasteiger partial charge in [-0.15, -0.1) is 0 Å². The first kappa shape index (κ1) is 15.8. The molecule has 3 heteroatoms. The lowest BCUT2D eigenvalue weighted by atomic mass is 9.58. The van der Waals surface area contributed by atoms with Gasteiger partial charge >= 0.3 is 0 Å². The zero-order valence-corrected chi connectivity index (χ0v) is 13.5. The normalized spacial score (nSPS) is 23.6. The highest BCUT2D eigenvalue weighted by Gasteiger charge is 2.46. The number of benzene rings is 1. The minimum atomic E-state index is -0.892. The number of hydrogen-bond acceptors (Lipinski definition) is 1. The Hall–Kier alpha value is -0.600. The van der Waals surface area contributed by atoms with Crippen molar-refractivity contribution in [1.29, 1.82) is 0 Å². The average molecular weight is 299 g/mol. The summed E-state index contributed by atoms with van der Waals surface area (Å²) in [4.78, 5) is 0. The van der Waals surface area contributed by atoms with Crippen molar-refractivity contribution in [3.8, 4) is 0 Å². The first-order chi connectivity index (χ1) is 9.02. The van der Waals surface area contributed by atoms with Crippen LogP contribution in [0.15, 0.2) is 18.2 Å². The van der Waals surface area contributed by atoms with Crippen LogP contribution < -0.4 is 0 Å². The van der Waals surface area contributed by atoms with Gasteiger partial charge in [-0.2, -0.15) is 0 Å². The fourth-order valence-corrected chi connectivity index (χ4v) is 4.65. The van der Waals surface area contributed by atoms with Crippen molar-refractivity contribution in [3.05, 3.63) is 34.6 Å². The van der Waals surface area contributed by atoms with Crippen LogP contribution in [0.2, 0.25) is 5.02 Å². The molecule has 0 unspecified atom stereocenters. The lowest BCUT2D eigenvalue weighted by molar-refractivity contribution is -0.0854. The van der Waals surface area contributed by atoms with Crippen molar-refractivity contribution in [2.75, 3.05) is 0 Å². The SMILES string of the molecule is CC1(C)CC(C)(C)CC(O)(Cc2c(F)cccc2Cl)C1. The maximum absolute atomic E-state index is 14.0. The van der Waals surface area contributed by atoms with E-state index in [1.807, 2.05) is 0 Å². The monoisotopic (exact) mass is 298 g/mol. The summed E-state index contributed by atoms with van der Waals surface area (Å²) in [5.41, 5.74) is -0.357. The molecule has 0 atom stereocenters. The predicted molar refractivity (Wildman–Crippen MR) is 81.5 cm³/mol. The van der Waals surface area contributed by atoms with Crippen LogP contribution in [-0.2, 0) is 6.42 Å². The Kier molecular flexibility index (Phi) is 3.94. The van der Waals surface area contributed by atoms with Crippen molar-refractivity contribution >= 4 is 11.6 Å². The smallest absolute Gasteiger partial charge is 0.127 e. The van der Waals surface area contributed by atoms with Gasteiger partial charge in [0.05, 0.1) is 5.60 Å². The second-order valence-electron chi connectivity index (χ2n) is 7.96. The molecule has 1 nitrogen and oxygen atoms in total. The summed E-state index contributed by atoms with van der Waals surface area (Å²) in [5.74, 6) is -0.327. The van der Waals surface area contributed by atoms with Gasteiger partial charge in [-0.05, 0) is 42.2 Å². The van der Waals surface area contributed by atoms with E-state index in [0.29, 0.717) is 23.4 Å². The van der Waals surface area contributed by atoms with Gasteiger partial charge in [0, 0.05) is 17.0 Å². The van der Waals surface area contributed by atoms with E-state index in [1.165, 1.54) is 6.07 Å². The minimum Gasteiger partial charge on any atom is -0.390 e. The molecule has 1 fully saturated rings. The van der Waals surface area contributed by atoms with Gasteiger partial charge in [0.15, 0.2) is 0 Å². The van der Waals surface area contributed by atoms with Crippen LogP contribution >= 0.6 is 11.6 Å². The minimum absolute atomic E-state index is 0.0498. The molecule has 0 heterocycles. The van der Waals surface area contributed by atoms with Crippen molar-refractivity contribution < 1.29 is 9.50 Å². The zero-order chi connectivity index (χ0) is 15.2. The van der Waals surface area contributed by atoms with E-state index >= 15 is 0 Å². The number of aliphatic hydroxyl groups is 1. The molecule has 1 saturated carbocycles. The van der Waals surface area contributed by atoms with Crippen molar-refractivity contribution in [3.63, 3.8) is 0 Å². The standard InChI is InChI=1S/C17H24ClFO/c1-15(2)9-16(3,4)11-17(20,10-15)8-12-13(18)6-5-7-14(12)19/h5-7,20H,8-11H2,1-4H3. The van der Waals surface area contributed by atoms with Gasteiger partial charge in [0.1, 0.15) is 5.82 Å². The summed E-state index contributed by atoms with van der Waals surface area (Å²) in [5, 5.41) is 11.4. The molecular weight excluding hydrogens is 275 g/mol. The summed E-state index contributed by atoms with van der Waals surface area (Å²) in [6, 6.07) is 4.69. The maximum atomic E-state index is 14.0. The number of rotatable bonds is 2. The molecule has 112 valence electrons. The lowest BCUT2D eigenvalue weighted by Gasteiger charge is -2.49. The van der Waals surface area contributed by atoms with Gasteiger partial charge in [-0.3, -0.25) is 0 Å². The molecule has 20 heavy (non-hydrogen) atoms. The quantitative estimate of drug-likeness (QED) is 0.815. The van der Waals surface area contributed by atoms with Crippen molar-refractivity contribution in [2.24, 2.45) is 10.8 Å². The molecule has 0 radical (unpaired) electrons. The Bertz CT molecular complexity index is 471. The highest BCUT2D eigenvalue weighted by Crippen LogP contribution is 2.51. The summed E-state index contributed by atoms with van der Waals surface area (Å²) in [7, 11) is 0. The van der Waals surface area contributed by atoms with Crippen LogP contribution in [0.25, 0.3) is 0 Å². The molecular formula is C17H24ClFO. The van der Waals surface area contributed by atoms with E-state index in [0.717, 1.165) is 6.42 Å². The lowest BCUT2D eigenvalue weighted by Crippen LogP contribution is -2.47. The third-order valence-electron chi connectivity index (χ3n) is 4.14. The third-order valence-corrected chi connectivity index (χ3v) is 4.49. The molecule has 0 saturated heterocycles. The molecule has 0 bridgehead atoms. The molecule has 0 spiro atoms. The van der Waals surface area contributed by atoms with E-state index in [1.54, 1.807) is 12.1 Å². The Balaban J connectivity index is 2.31. The number of halogens is 2. The summed E-state index contributed by atoms with van der Waals surface area (Å²) in [6.45, 7) is 8.67. The zero-order valence-electron chi connectivity index (χ0n) is 12.8. The first-order valence-electron chi connectivity index (χ1n) is 7.17. The Morgan fingerprint density at radius 1 is 1.10 bits per heavy atom. The molecule has 0 amide bonds. The topological polar surface area (TPSA) is 20.2 Å². The second kappa shape index (κ2) is 4.99.